The Balaban J connectivity index is 1.30. The van der Waals surface area contributed by atoms with E-state index in [1.165, 1.54) is 0 Å². The molecule has 4 rings (SSSR count). The molecule has 2 aromatic heterocycles. The number of rotatable bonds is 5. The largest absolute Gasteiger partial charge is 0.484 e. The van der Waals surface area contributed by atoms with E-state index in [1.807, 2.05) is 42.3 Å². The van der Waals surface area contributed by atoms with Gasteiger partial charge < -0.3 is 14.5 Å². The minimum absolute atomic E-state index is 0.00792. The van der Waals surface area contributed by atoms with E-state index < -0.39 is 0 Å². The standard InChI is InChI=1S/C20H21ClN4O2S2/c1-13-10-15(11-14(2)18(13)21)27-12-17(26)24-5-7-25(8-6-24)20-23-22-19(29-20)16-4-3-9-28-16/h3-4,9-11H,5-8,12H2,1-2H3. The summed E-state index contributed by atoms with van der Waals surface area (Å²) in [7, 11) is 0. The van der Waals surface area contributed by atoms with E-state index in [2.05, 4.69) is 21.2 Å². The van der Waals surface area contributed by atoms with E-state index in [-0.39, 0.29) is 12.5 Å². The van der Waals surface area contributed by atoms with Gasteiger partial charge in [0, 0.05) is 31.2 Å². The number of halogens is 1. The predicted molar refractivity (Wildman–Crippen MR) is 118 cm³/mol. The number of piperazine rings is 1. The monoisotopic (exact) mass is 448 g/mol. The number of anilines is 1. The van der Waals surface area contributed by atoms with Gasteiger partial charge in [-0.25, -0.2) is 0 Å². The van der Waals surface area contributed by atoms with Crippen LogP contribution in [0.25, 0.3) is 9.88 Å². The van der Waals surface area contributed by atoms with E-state index in [4.69, 9.17) is 16.3 Å². The summed E-state index contributed by atoms with van der Waals surface area (Å²) in [5, 5.41) is 13.2. The summed E-state index contributed by atoms with van der Waals surface area (Å²) >= 11 is 9.44. The van der Waals surface area contributed by atoms with Crippen molar-refractivity contribution in [2.75, 3.05) is 37.7 Å². The van der Waals surface area contributed by atoms with Gasteiger partial charge in [0.05, 0.1) is 4.88 Å². The van der Waals surface area contributed by atoms with E-state index in [0.717, 1.165) is 44.3 Å². The SMILES string of the molecule is Cc1cc(OCC(=O)N2CCN(c3nnc(-c4cccs4)s3)CC2)cc(C)c1Cl. The molecule has 1 aromatic carbocycles. The molecule has 1 amide bonds. The maximum Gasteiger partial charge on any atom is 0.260 e. The second kappa shape index (κ2) is 8.69. The van der Waals surface area contributed by atoms with Gasteiger partial charge in [-0.3, -0.25) is 4.79 Å². The van der Waals surface area contributed by atoms with Crippen LogP contribution in [0.4, 0.5) is 5.13 Å². The zero-order valence-electron chi connectivity index (χ0n) is 16.2. The zero-order chi connectivity index (χ0) is 20.4. The Bertz CT molecular complexity index is 975. The van der Waals surface area contributed by atoms with Crippen LogP contribution < -0.4 is 9.64 Å². The van der Waals surface area contributed by atoms with Crippen LogP contribution in [0.1, 0.15) is 11.1 Å². The number of hydrogen-bond acceptors (Lipinski definition) is 7. The third-order valence-corrected chi connectivity index (χ3v) is 7.44. The summed E-state index contributed by atoms with van der Waals surface area (Å²) in [6.45, 7) is 6.67. The molecule has 1 saturated heterocycles. The highest BCUT2D eigenvalue weighted by Gasteiger charge is 2.24. The second-order valence-corrected chi connectivity index (χ2v) is 9.18. The van der Waals surface area contributed by atoms with Crippen molar-refractivity contribution in [2.45, 2.75) is 13.8 Å². The minimum Gasteiger partial charge on any atom is -0.484 e. The van der Waals surface area contributed by atoms with Crippen LogP contribution in [-0.4, -0.2) is 53.8 Å². The van der Waals surface area contributed by atoms with Gasteiger partial charge in [-0.15, -0.1) is 21.5 Å². The van der Waals surface area contributed by atoms with Gasteiger partial charge in [-0.05, 0) is 48.6 Å². The molecule has 0 radical (unpaired) electrons. The Morgan fingerprint density at radius 3 is 2.55 bits per heavy atom. The summed E-state index contributed by atoms with van der Waals surface area (Å²) in [6, 6.07) is 7.79. The summed E-state index contributed by atoms with van der Waals surface area (Å²) in [6.07, 6.45) is 0. The molecular weight excluding hydrogens is 428 g/mol. The summed E-state index contributed by atoms with van der Waals surface area (Å²) < 4.78 is 5.71. The van der Waals surface area contributed by atoms with Gasteiger partial charge in [0.25, 0.3) is 5.91 Å². The number of aryl methyl sites for hydroxylation is 2. The van der Waals surface area contributed by atoms with E-state index in [0.29, 0.717) is 18.8 Å². The lowest BCUT2D eigenvalue weighted by atomic mass is 10.1. The molecule has 1 fully saturated rings. The molecule has 1 aliphatic rings. The number of thiophene rings is 1. The molecule has 0 bridgehead atoms. The Kier molecular flexibility index (Phi) is 6.03. The van der Waals surface area contributed by atoms with Crippen molar-refractivity contribution in [3.8, 4) is 15.6 Å². The number of ether oxygens (including phenoxy) is 1. The number of aromatic nitrogens is 2. The van der Waals surface area contributed by atoms with Gasteiger partial charge >= 0.3 is 0 Å². The molecule has 9 heteroatoms. The first-order chi connectivity index (χ1) is 14.0. The van der Waals surface area contributed by atoms with E-state index in [1.54, 1.807) is 22.7 Å². The summed E-state index contributed by atoms with van der Waals surface area (Å²) in [4.78, 5) is 17.7. The lowest BCUT2D eigenvalue weighted by Gasteiger charge is -2.34. The van der Waals surface area contributed by atoms with Crippen molar-refractivity contribution in [2.24, 2.45) is 0 Å². The maximum atomic E-state index is 12.5. The van der Waals surface area contributed by atoms with Crippen LogP contribution in [-0.2, 0) is 4.79 Å². The van der Waals surface area contributed by atoms with Crippen LogP contribution in [0.5, 0.6) is 5.75 Å². The van der Waals surface area contributed by atoms with Gasteiger partial charge in [-0.1, -0.05) is 29.0 Å². The van der Waals surface area contributed by atoms with Crippen LogP contribution in [0.2, 0.25) is 5.02 Å². The quantitative estimate of drug-likeness (QED) is 0.583. The third kappa shape index (κ3) is 4.55. The highest BCUT2D eigenvalue weighted by Crippen LogP contribution is 2.32. The van der Waals surface area contributed by atoms with E-state index >= 15 is 0 Å². The molecule has 0 aliphatic carbocycles. The molecule has 0 spiro atoms. The normalized spacial score (nSPS) is 14.3. The third-order valence-electron chi connectivity index (χ3n) is 4.82. The van der Waals surface area contributed by atoms with Gasteiger partial charge in [0.15, 0.2) is 11.6 Å². The fourth-order valence-corrected chi connectivity index (χ4v) is 5.01. The van der Waals surface area contributed by atoms with Gasteiger partial charge in [0.1, 0.15) is 5.75 Å². The molecule has 29 heavy (non-hydrogen) atoms. The van der Waals surface area contributed by atoms with Crippen molar-refractivity contribution in [1.82, 2.24) is 15.1 Å². The van der Waals surface area contributed by atoms with Gasteiger partial charge in [-0.2, -0.15) is 0 Å². The molecule has 0 atom stereocenters. The molecule has 6 nitrogen and oxygen atoms in total. The summed E-state index contributed by atoms with van der Waals surface area (Å²) in [5.41, 5.74) is 1.89. The van der Waals surface area contributed by atoms with Crippen molar-refractivity contribution >= 4 is 45.3 Å². The fraction of sp³-hybridized carbons (Fsp3) is 0.350. The first-order valence-electron chi connectivity index (χ1n) is 9.31. The zero-order valence-corrected chi connectivity index (χ0v) is 18.6. The second-order valence-electron chi connectivity index (χ2n) is 6.89. The van der Waals surface area contributed by atoms with Crippen LogP contribution in [0, 0.1) is 13.8 Å². The first kappa shape index (κ1) is 20.1. The van der Waals surface area contributed by atoms with Crippen LogP contribution >= 0.6 is 34.3 Å². The molecule has 1 aliphatic heterocycles. The Morgan fingerprint density at radius 1 is 1.17 bits per heavy atom. The average Bonchev–Trinajstić information content (AvgIpc) is 3.42. The van der Waals surface area contributed by atoms with Crippen molar-refractivity contribution in [3.05, 3.63) is 45.8 Å². The Labute approximate surface area is 182 Å². The lowest BCUT2D eigenvalue weighted by molar-refractivity contribution is -0.133. The minimum atomic E-state index is -0.00792. The van der Waals surface area contributed by atoms with Crippen molar-refractivity contribution in [1.29, 1.82) is 0 Å². The molecule has 0 N–H and O–H groups in total. The highest BCUT2D eigenvalue weighted by atomic mass is 35.5. The number of carbonyl (C=O) groups excluding carboxylic acids is 1. The number of amides is 1. The van der Waals surface area contributed by atoms with Gasteiger partial charge in [0.2, 0.25) is 5.13 Å². The first-order valence-corrected chi connectivity index (χ1v) is 11.4. The van der Waals surface area contributed by atoms with Crippen molar-refractivity contribution in [3.63, 3.8) is 0 Å². The van der Waals surface area contributed by atoms with E-state index in [9.17, 15) is 4.79 Å². The smallest absolute Gasteiger partial charge is 0.260 e. The summed E-state index contributed by atoms with van der Waals surface area (Å²) in [5.74, 6) is 0.665. The Morgan fingerprint density at radius 2 is 1.90 bits per heavy atom. The molecule has 152 valence electrons. The van der Waals surface area contributed by atoms with Crippen LogP contribution in [0.15, 0.2) is 29.6 Å². The van der Waals surface area contributed by atoms with Crippen LogP contribution in [0.3, 0.4) is 0 Å². The molecule has 0 saturated carbocycles. The average molecular weight is 449 g/mol. The number of carbonyl (C=O) groups is 1. The molecule has 3 aromatic rings. The fourth-order valence-electron chi connectivity index (χ4n) is 3.22. The Hall–Kier alpha value is -2.16. The molecule has 0 unspecified atom stereocenters. The maximum absolute atomic E-state index is 12.5. The topological polar surface area (TPSA) is 58.6 Å². The van der Waals surface area contributed by atoms with Crippen molar-refractivity contribution < 1.29 is 9.53 Å². The number of nitrogens with zero attached hydrogens (tertiary/aromatic N) is 4. The highest BCUT2D eigenvalue weighted by molar-refractivity contribution is 7.22. The predicted octanol–water partition coefficient (Wildman–Crippen LogP) is 4.26. The molecule has 3 heterocycles. The number of benzene rings is 1. The number of hydrogen-bond donors (Lipinski definition) is 0. The molecular formula is C20H21ClN4O2S2. The lowest BCUT2D eigenvalue weighted by Crippen LogP contribution is -2.50.